The van der Waals surface area contributed by atoms with Crippen LogP contribution in [0, 0.1) is 0 Å². The fourth-order valence-corrected chi connectivity index (χ4v) is 3.03. The summed E-state index contributed by atoms with van der Waals surface area (Å²) in [7, 11) is 0. The molecule has 0 saturated carbocycles. The van der Waals surface area contributed by atoms with Crippen molar-refractivity contribution in [2.45, 2.75) is 129 Å². The van der Waals surface area contributed by atoms with E-state index in [0.29, 0.717) is 0 Å². The van der Waals surface area contributed by atoms with Gasteiger partial charge in [-0.3, -0.25) is 0 Å². The maximum Gasteiger partial charge on any atom is 0.0540 e. The number of aliphatic hydroxyl groups is 1. The average Bonchev–Trinajstić information content (AvgIpc) is 2.56. The molecule has 138 valence electrons. The van der Waals surface area contributed by atoms with Gasteiger partial charge in [0.15, 0.2) is 0 Å². The summed E-state index contributed by atoms with van der Waals surface area (Å²) in [4.78, 5) is 0. The Kier molecular flexibility index (Phi) is 19.5. The van der Waals surface area contributed by atoms with Gasteiger partial charge in [0.2, 0.25) is 0 Å². The SMILES string of the molecule is CCCCCCCCC=CCCCCCCCC(O)CCCC. The molecule has 0 aliphatic rings. The molecule has 1 heteroatoms. The summed E-state index contributed by atoms with van der Waals surface area (Å²) in [6.07, 6.45) is 26.6. The predicted octanol–water partition coefficient (Wildman–Crippen LogP) is 7.58. The molecule has 1 N–H and O–H groups in total. The van der Waals surface area contributed by atoms with Crippen LogP contribution in [0.15, 0.2) is 12.2 Å². The van der Waals surface area contributed by atoms with Crippen molar-refractivity contribution in [1.29, 1.82) is 0 Å². The first-order valence-corrected chi connectivity index (χ1v) is 10.6. The third-order valence-corrected chi connectivity index (χ3v) is 4.69. The Hall–Kier alpha value is -0.300. The zero-order valence-electron chi connectivity index (χ0n) is 16.2. The number of hydrogen-bond acceptors (Lipinski definition) is 1. The zero-order chi connectivity index (χ0) is 17.0. The minimum Gasteiger partial charge on any atom is -0.393 e. The molecular formula is C22H44O. The Morgan fingerprint density at radius 1 is 0.565 bits per heavy atom. The van der Waals surface area contributed by atoms with E-state index in [2.05, 4.69) is 26.0 Å². The molecule has 0 rings (SSSR count). The fourth-order valence-electron chi connectivity index (χ4n) is 3.03. The number of hydrogen-bond donors (Lipinski definition) is 1. The van der Waals surface area contributed by atoms with Crippen molar-refractivity contribution in [3.05, 3.63) is 12.2 Å². The second kappa shape index (κ2) is 19.7. The molecule has 1 atom stereocenters. The van der Waals surface area contributed by atoms with Crippen LogP contribution >= 0.6 is 0 Å². The highest BCUT2D eigenvalue weighted by atomic mass is 16.3. The van der Waals surface area contributed by atoms with E-state index in [4.69, 9.17) is 0 Å². The summed E-state index contributed by atoms with van der Waals surface area (Å²) in [6, 6.07) is 0. The number of rotatable bonds is 18. The van der Waals surface area contributed by atoms with Crippen LogP contribution in [0.1, 0.15) is 123 Å². The molecule has 0 radical (unpaired) electrons. The molecule has 0 heterocycles. The Morgan fingerprint density at radius 3 is 1.57 bits per heavy atom. The van der Waals surface area contributed by atoms with Crippen molar-refractivity contribution >= 4 is 0 Å². The third-order valence-electron chi connectivity index (χ3n) is 4.69. The van der Waals surface area contributed by atoms with Crippen molar-refractivity contribution in [3.8, 4) is 0 Å². The molecule has 23 heavy (non-hydrogen) atoms. The summed E-state index contributed by atoms with van der Waals surface area (Å²) in [5.41, 5.74) is 0. The molecule has 1 nitrogen and oxygen atoms in total. The smallest absolute Gasteiger partial charge is 0.0540 e. The van der Waals surface area contributed by atoms with Crippen LogP contribution in [0.25, 0.3) is 0 Å². The van der Waals surface area contributed by atoms with Gasteiger partial charge >= 0.3 is 0 Å². The summed E-state index contributed by atoms with van der Waals surface area (Å²) >= 11 is 0. The maximum atomic E-state index is 9.77. The number of allylic oxidation sites excluding steroid dienone is 2. The lowest BCUT2D eigenvalue weighted by Gasteiger charge is -2.09. The Labute approximate surface area is 147 Å². The van der Waals surface area contributed by atoms with Crippen LogP contribution in [-0.2, 0) is 0 Å². The van der Waals surface area contributed by atoms with E-state index in [-0.39, 0.29) is 6.10 Å². The van der Waals surface area contributed by atoms with Crippen molar-refractivity contribution in [2.75, 3.05) is 0 Å². The Morgan fingerprint density at radius 2 is 1.00 bits per heavy atom. The van der Waals surface area contributed by atoms with E-state index in [0.717, 1.165) is 12.8 Å². The van der Waals surface area contributed by atoms with Gasteiger partial charge in [-0.15, -0.1) is 0 Å². The molecule has 0 saturated heterocycles. The Balaban J connectivity index is 3.13. The number of unbranched alkanes of at least 4 members (excludes halogenated alkanes) is 12. The second-order valence-corrected chi connectivity index (χ2v) is 7.17. The zero-order valence-corrected chi connectivity index (χ0v) is 16.2. The van der Waals surface area contributed by atoms with Crippen LogP contribution in [-0.4, -0.2) is 11.2 Å². The van der Waals surface area contributed by atoms with Crippen LogP contribution < -0.4 is 0 Å². The van der Waals surface area contributed by atoms with Crippen molar-refractivity contribution in [2.24, 2.45) is 0 Å². The highest BCUT2D eigenvalue weighted by Gasteiger charge is 2.02. The maximum absolute atomic E-state index is 9.77. The van der Waals surface area contributed by atoms with E-state index in [1.165, 1.54) is 96.3 Å². The second-order valence-electron chi connectivity index (χ2n) is 7.17. The molecular weight excluding hydrogens is 280 g/mol. The van der Waals surface area contributed by atoms with Gasteiger partial charge in [-0.05, 0) is 38.5 Å². The predicted molar refractivity (Wildman–Crippen MR) is 105 cm³/mol. The van der Waals surface area contributed by atoms with Crippen LogP contribution in [0.3, 0.4) is 0 Å². The summed E-state index contributed by atoms with van der Waals surface area (Å²) in [6.45, 7) is 4.47. The van der Waals surface area contributed by atoms with Crippen LogP contribution in [0.5, 0.6) is 0 Å². The van der Waals surface area contributed by atoms with E-state index in [1.807, 2.05) is 0 Å². The first-order valence-electron chi connectivity index (χ1n) is 10.6. The van der Waals surface area contributed by atoms with Crippen LogP contribution in [0.2, 0.25) is 0 Å². The van der Waals surface area contributed by atoms with Crippen molar-refractivity contribution in [3.63, 3.8) is 0 Å². The van der Waals surface area contributed by atoms with Gasteiger partial charge in [-0.2, -0.15) is 0 Å². The molecule has 0 aromatic carbocycles. The van der Waals surface area contributed by atoms with Gasteiger partial charge < -0.3 is 5.11 Å². The number of aliphatic hydroxyl groups excluding tert-OH is 1. The fraction of sp³-hybridized carbons (Fsp3) is 0.909. The van der Waals surface area contributed by atoms with E-state index < -0.39 is 0 Å². The molecule has 0 fully saturated rings. The molecule has 1 unspecified atom stereocenters. The monoisotopic (exact) mass is 324 g/mol. The Bertz CT molecular complexity index is 234. The lowest BCUT2D eigenvalue weighted by atomic mass is 10.0. The molecule has 0 aromatic heterocycles. The van der Waals surface area contributed by atoms with Gasteiger partial charge in [-0.1, -0.05) is 96.6 Å². The third kappa shape index (κ3) is 19.7. The van der Waals surface area contributed by atoms with E-state index in [1.54, 1.807) is 0 Å². The quantitative estimate of drug-likeness (QED) is 0.203. The lowest BCUT2D eigenvalue weighted by molar-refractivity contribution is 0.148. The summed E-state index contributed by atoms with van der Waals surface area (Å²) < 4.78 is 0. The minimum atomic E-state index is -0.0418. The first kappa shape index (κ1) is 22.7. The van der Waals surface area contributed by atoms with Gasteiger partial charge in [-0.25, -0.2) is 0 Å². The van der Waals surface area contributed by atoms with Crippen LogP contribution in [0.4, 0.5) is 0 Å². The molecule has 0 aromatic rings. The molecule has 0 amide bonds. The molecule has 0 aliphatic heterocycles. The molecule has 0 spiro atoms. The van der Waals surface area contributed by atoms with E-state index >= 15 is 0 Å². The normalized spacial score (nSPS) is 13.0. The van der Waals surface area contributed by atoms with E-state index in [9.17, 15) is 5.11 Å². The highest BCUT2D eigenvalue weighted by molar-refractivity contribution is 4.81. The standard InChI is InChI=1S/C22H44O/c1-3-5-7-8-9-10-11-12-13-14-15-16-17-18-19-21-22(23)20-6-4-2/h12-13,22-23H,3-11,14-21H2,1-2H3. The van der Waals surface area contributed by atoms with Crippen molar-refractivity contribution in [1.82, 2.24) is 0 Å². The lowest BCUT2D eigenvalue weighted by Crippen LogP contribution is -2.05. The van der Waals surface area contributed by atoms with Gasteiger partial charge in [0.1, 0.15) is 0 Å². The summed E-state index contributed by atoms with van der Waals surface area (Å²) in [5, 5.41) is 9.77. The highest BCUT2D eigenvalue weighted by Crippen LogP contribution is 2.12. The molecule has 0 bridgehead atoms. The van der Waals surface area contributed by atoms with Gasteiger partial charge in [0.05, 0.1) is 6.10 Å². The van der Waals surface area contributed by atoms with Gasteiger partial charge in [0.25, 0.3) is 0 Å². The topological polar surface area (TPSA) is 20.2 Å². The van der Waals surface area contributed by atoms with Gasteiger partial charge in [0, 0.05) is 0 Å². The summed E-state index contributed by atoms with van der Waals surface area (Å²) in [5.74, 6) is 0. The minimum absolute atomic E-state index is 0.0418. The first-order chi connectivity index (χ1) is 11.3. The average molecular weight is 325 g/mol. The van der Waals surface area contributed by atoms with Crippen molar-refractivity contribution < 1.29 is 5.11 Å². The molecule has 0 aliphatic carbocycles. The largest absolute Gasteiger partial charge is 0.393 e.